The molecule has 8 heteroatoms. The summed E-state index contributed by atoms with van der Waals surface area (Å²) in [6.45, 7) is 6.42. The summed E-state index contributed by atoms with van der Waals surface area (Å²) in [5, 5.41) is 33.4. The third-order valence-electron chi connectivity index (χ3n) is 11.7. The number of aliphatic hydroxyl groups excluding tert-OH is 3. The number of ether oxygens (including phenoxy) is 2. The van der Waals surface area contributed by atoms with Gasteiger partial charge in [-0.3, -0.25) is 4.79 Å². The Morgan fingerprint density at radius 1 is 0.971 bits per heavy atom. The maximum Gasteiger partial charge on any atom is 0.223 e. The minimum atomic E-state index is -1.27. The molecule has 1 heterocycles. The predicted molar refractivity (Wildman–Crippen MR) is 130 cm³/mol. The molecule has 4 aliphatic carbocycles. The minimum Gasteiger partial charge on any atom is -0.388 e. The Balaban J connectivity index is 1.29. The third-order valence-corrected chi connectivity index (χ3v) is 11.7. The van der Waals surface area contributed by atoms with Gasteiger partial charge in [-0.2, -0.15) is 0 Å². The number of hydrogen-bond acceptors (Lipinski definition) is 7. The van der Waals surface area contributed by atoms with Crippen molar-refractivity contribution in [2.24, 2.45) is 40.2 Å². The lowest BCUT2D eigenvalue weighted by Gasteiger charge is -2.64. The smallest absolute Gasteiger partial charge is 0.223 e. The van der Waals surface area contributed by atoms with E-state index in [9.17, 15) is 20.1 Å². The van der Waals surface area contributed by atoms with Crippen LogP contribution in [0.2, 0.25) is 0 Å². The van der Waals surface area contributed by atoms with Gasteiger partial charge in [0, 0.05) is 18.5 Å². The van der Waals surface area contributed by atoms with E-state index in [4.69, 9.17) is 15.2 Å². The number of carbonyl (C=O) groups excluding carboxylic acids is 1. The van der Waals surface area contributed by atoms with Gasteiger partial charge in [-0.25, -0.2) is 0 Å². The molecule has 6 N–H and O–H groups in total. The zero-order chi connectivity index (χ0) is 25.3. The van der Waals surface area contributed by atoms with Crippen molar-refractivity contribution in [1.82, 2.24) is 5.32 Å². The second-order valence-corrected chi connectivity index (χ2v) is 12.9. The summed E-state index contributed by atoms with van der Waals surface area (Å²) in [6, 6.07) is 0. The number of amides is 1. The Morgan fingerprint density at radius 2 is 1.71 bits per heavy atom. The Kier molecular flexibility index (Phi) is 6.59. The van der Waals surface area contributed by atoms with Crippen LogP contribution in [0.3, 0.4) is 0 Å². The molecule has 3 unspecified atom stereocenters. The van der Waals surface area contributed by atoms with E-state index in [2.05, 4.69) is 19.2 Å². The molecule has 4 saturated carbocycles. The van der Waals surface area contributed by atoms with Crippen molar-refractivity contribution in [2.75, 3.05) is 7.05 Å². The summed E-state index contributed by atoms with van der Waals surface area (Å²) >= 11 is 0. The number of nitrogens with two attached hydrogens (primary N) is 1. The van der Waals surface area contributed by atoms with Gasteiger partial charge in [0.25, 0.3) is 0 Å². The molecule has 0 aromatic heterocycles. The predicted octanol–water partition coefficient (Wildman–Crippen LogP) is 1.69. The van der Waals surface area contributed by atoms with Crippen molar-refractivity contribution in [1.29, 1.82) is 0 Å². The molecule has 35 heavy (non-hydrogen) atoms. The molecule has 0 radical (unpaired) electrons. The van der Waals surface area contributed by atoms with Gasteiger partial charge in [0.2, 0.25) is 5.91 Å². The highest BCUT2D eigenvalue weighted by atomic mass is 16.7. The van der Waals surface area contributed by atoms with Crippen LogP contribution >= 0.6 is 0 Å². The molecule has 5 aliphatic rings. The van der Waals surface area contributed by atoms with E-state index in [1.807, 2.05) is 0 Å². The fraction of sp³-hybridized carbons (Fsp3) is 0.963. The normalized spacial score (nSPS) is 56.0. The molecule has 0 aromatic rings. The third kappa shape index (κ3) is 3.73. The molecule has 1 saturated heterocycles. The van der Waals surface area contributed by atoms with Crippen molar-refractivity contribution in [3.05, 3.63) is 0 Å². The zero-order valence-corrected chi connectivity index (χ0v) is 21.8. The van der Waals surface area contributed by atoms with Gasteiger partial charge in [0.05, 0.1) is 12.2 Å². The highest BCUT2D eigenvalue weighted by Gasteiger charge is 2.67. The molecule has 0 bridgehead atoms. The number of rotatable bonds is 3. The van der Waals surface area contributed by atoms with E-state index in [1.165, 1.54) is 0 Å². The summed E-state index contributed by atoms with van der Waals surface area (Å²) in [5.74, 6) is 1.66. The first-order chi connectivity index (χ1) is 16.5. The van der Waals surface area contributed by atoms with Crippen LogP contribution in [-0.4, -0.2) is 70.6 Å². The van der Waals surface area contributed by atoms with Crippen LogP contribution in [0, 0.1) is 34.5 Å². The van der Waals surface area contributed by atoms with E-state index in [0.717, 1.165) is 57.8 Å². The molecule has 0 spiro atoms. The Bertz CT molecular complexity index is 827. The van der Waals surface area contributed by atoms with Crippen molar-refractivity contribution in [3.8, 4) is 0 Å². The van der Waals surface area contributed by atoms with Gasteiger partial charge in [0.15, 0.2) is 6.29 Å². The number of hydrogen-bond donors (Lipinski definition) is 5. The quantitative estimate of drug-likeness (QED) is 0.377. The Morgan fingerprint density at radius 3 is 2.43 bits per heavy atom. The van der Waals surface area contributed by atoms with Crippen LogP contribution in [0.4, 0.5) is 0 Å². The largest absolute Gasteiger partial charge is 0.388 e. The molecular weight excluding hydrogens is 448 g/mol. The van der Waals surface area contributed by atoms with Crippen molar-refractivity contribution < 1.29 is 29.6 Å². The Labute approximate surface area is 209 Å². The van der Waals surface area contributed by atoms with Crippen LogP contribution < -0.4 is 11.1 Å². The maximum atomic E-state index is 12.7. The molecule has 5 rings (SSSR count). The van der Waals surface area contributed by atoms with Gasteiger partial charge in [-0.15, -0.1) is 0 Å². The van der Waals surface area contributed by atoms with Gasteiger partial charge in [0.1, 0.15) is 18.3 Å². The highest BCUT2D eigenvalue weighted by molar-refractivity contribution is 5.80. The average Bonchev–Trinajstić information content (AvgIpc) is 3.12. The summed E-state index contributed by atoms with van der Waals surface area (Å²) in [4.78, 5) is 12.7. The van der Waals surface area contributed by atoms with E-state index >= 15 is 0 Å². The van der Waals surface area contributed by atoms with Gasteiger partial charge in [-0.05, 0) is 93.3 Å². The van der Waals surface area contributed by atoms with Crippen molar-refractivity contribution in [2.45, 2.75) is 121 Å². The topological polar surface area (TPSA) is 134 Å². The maximum absolute atomic E-state index is 12.7. The van der Waals surface area contributed by atoms with Crippen LogP contribution in [0.25, 0.3) is 0 Å². The highest BCUT2D eigenvalue weighted by Crippen LogP contribution is 2.68. The monoisotopic (exact) mass is 494 g/mol. The standard InChI is InChI=1S/C27H46N2O6/c1-14-20(30)21(31)22(32)24(34-14)35-16-7-10-25(2)15(13-16)5-6-18-17(25)8-11-26(3)19(23(33)29-4)9-12-27(18,26)28/h14-22,24,30-32H,5-13,28H2,1-4H3,(H,29,33)/t14-,15?,16?,17-,18-,19?,20-,21+,22+,24+,25+,26-,27-/m1/s1. The average molecular weight is 495 g/mol. The fourth-order valence-electron chi connectivity index (χ4n) is 9.32. The first-order valence-corrected chi connectivity index (χ1v) is 13.8. The van der Waals surface area contributed by atoms with Crippen molar-refractivity contribution in [3.63, 3.8) is 0 Å². The molecule has 0 aromatic carbocycles. The lowest BCUT2D eigenvalue weighted by Crippen LogP contribution is -2.67. The first kappa shape index (κ1) is 25.9. The fourth-order valence-corrected chi connectivity index (χ4v) is 9.32. The number of fused-ring (bicyclic) bond motifs is 5. The lowest BCUT2D eigenvalue weighted by atomic mass is 9.42. The number of nitrogens with one attached hydrogen (secondary N) is 1. The lowest BCUT2D eigenvalue weighted by molar-refractivity contribution is -0.309. The summed E-state index contributed by atoms with van der Waals surface area (Å²) in [7, 11) is 1.74. The Hall–Kier alpha value is -0.770. The molecular formula is C27H46N2O6. The van der Waals surface area contributed by atoms with Gasteiger partial charge < -0.3 is 35.8 Å². The molecule has 13 atom stereocenters. The van der Waals surface area contributed by atoms with Crippen LogP contribution in [0.5, 0.6) is 0 Å². The van der Waals surface area contributed by atoms with Crippen molar-refractivity contribution >= 4 is 5.91 Å². The molecule has 1 amide bonds. The molecule has 5 fully saturated rings. The molecule has 8 nitrogen and oxygen atoms in total. The number of aliphatic hydroxyl groups is 3. The first-order valence-electron chi connectivity index (χ1n) is 13.8. The van der Waals surface area contributed by atoms with E-state index < -0.39 is 30.7 Å². The second kappa shape index (κ2) is 8.91. The van der Waals surface area contributed by atoms with E-state index in [1.54, 1.807) is 14.0 Å². The van der Waals surface area contributed by atoms with Gasteiger partial charge in [-0.1, -0.05) is 13.8 Å². The van der Waals surface area contributed by atoms with E-state index in [-0.39, 0.29) is 34.3 Å². The molecule has 200 valence electrons. The van der Waals surface area contributed by atoms with Crippen LogP contribution in [0.1, 0.15) is 78.6 Å². The summed E-state index contributed by atoms with van der Waals surface area (Å²) < 4.78 is 11.9. The van der Waals surface area contributed by atoms with Gasteiger partial charge >= 0.3 is 0 Å². The SMILES string of the molecule is CNC(=O)C1CC[C@@]2(N)[C@@H]3CCC4CC(O[C@@H]5O[C@H](C)[C@@H](O)[C@H](O)[C@@H]5O)CC[C@]4(C)[C@@H]3CC[C@]12C. The summed E-state index contributed by atoms with van der Waals surface area (Å²) in [5.41, 5.74) is 7.08. The van der Waals surface area contributed by atoms with Crippen LogP contribution in [0.15, 0.2) is 0 Å². The zero-order valence-electron chi connectivity index (χ0n) is 21.8. The number of carbonyl (C=O) groups is 1. The summed E-state index contributed by atoms with van der Waals surface area (Å²) in [6.07, 6.45) is 3.78. The second-order valence-electron chi connectivity index (χ2n) is 12.9. The van der Waals surface area contributed by atoms with E-state index in [0.29, 0.717) is 17.8 Å². The molecule has 1 aliphatic heterocycles. The van der Waals surface area contributed by atoms with Crippen LogP contribution in [-0.2, 0) is 14.3 Å². The minimum absolute atomic E-state index is 0.00583.